The average Bonchev–Trinajstić information content (AvgIpc) is 2.71. The number of hydrogen-bond donors (Lipinski definition) is 1. The highest BCUT2D eigenvalue weighted by Crippen LogP contribution is 2.27. The Kier molecular flexibility index (Phi) is 4.58. The van der Waals surface area contributed by atoms with Crippen molar-refractivity contribution < 1.29 is 4.42 Å². The van der Waals surface area contributed by atoms with Crippen LogP contribution in [0.15, 0.2) is 4.42 Å². The molecule has 1 aliphatic carbocycles. The van der Waals surface area contributed by atoms with E-state index < -0.39 is 0 Å². The monoisotopic (exact) mass is 252 g/mol. The van der Waals surface area contributed by atoms with Crippen LogP contribution in [-0.4, -0.2) is 30.3 Å². The Hall–Kier alpha value is -1.10. The van der Waals surface area contributed by atoms with Gasteiger partial charge in [0.2, 0.25) is 5.89 Å². The summed E-state index contributed by atoms with van der Waals surface area (Å²) < 4.78 is 5.64. The third-order valence-corrected chi connectivity index (χ3v) is 3.37. The minimum Gasteiger partial charge on any atom is -0.407 e. The lowest BCUT2D eigenvalue weighted by atomic mass is 9.85. The van der Waals surface area contributed by atoms with Gasteiger partial charge in [-0.2, -0.15) is 0 Å². The molecule has 0 aliphatic heterocycles. The first-order valence-electron chi connectivity index (χ1n) is 6.89. The number of rotatable bonds is 7. The van der Waals surface area contributed by atoms with Crippen LogP contribution in [-0.2, 0) is 6.54 Å². The molecule has 0 saturated heterocycles. The van der Waals surface area contributed by atoms with Crippen molar-refractivity contribution in [3.05, 3.63) is 5.89 Å². The van der Waals surface area contributed by atoms with Crippen molar-refractivity contribution >= 4 is 6.01 Å². The number of aromatic nitrogens is 2. The van der Waals surface area contributed by atoms with Crippen LogP contribution in [0.2, 0.25) is 0 Å². The summed E-state index contributed by atoms with van der Waals surface area (Å²) in [7, 11) is 2.02. The molecule has 1 N–H and O–H groups in total. The number of nitrogens with zero attached hydrogens (tertiary/aromatic N) is 3. The summed E-state index contributed by atoms with van der Waals surface area (Å²) in [5.41, 5.74) is 0. The van der Waals surface area contributed by atoms with Crippen LogP contribution in [0, 0.1) is 11.8 Å². The van der Waals surface area contributed by atoms with E-state index in [-0.39, 0.29) is 0 Å². The minimum absolute atomic E-state index is 0.633. The quantitative estimate of drug-likeness (QED) is 0.805. The third kappa shape index (κ3) is 3.70. The van der Waals surface area contributed by atoms with Crippen LogP contribution in [0.5, 0.6) is 0 Å². The molecule has 1 aromatic rings. The molecule has 1 aliphatic rings. The molecule has 0 unspecified atom stereocenters. The number of nitrogens with one attached hydrogen (secondary N) is 1. The highest BCUT2D eigenvalue weighted by Gasteiger charge is 2.21. The van der Waals surface area contributed by atoms with E-state index in [1.54, 1.807) is 0 Å². The molecular formula is C13H24N4O. The van der Waals surface area contributed by atoms with Crippen LogP contribution in [0.3, 0.4) is 0 Å². The van der Waals surface area contributed by atoms with Gasteiger partial charge in [-0.25, -0.2) is 0 Å². The van der Waals surface area contributed by atoms with Crippen molar-refractivity contribution in [3.63, 3.8) is 0 Å². The van der Waals surface area contributed by atoms with Crippen molar-refractivity contribution in [2.24, 2.45) is 11.8 Å². The molecule has 5 nitrogen and oxygen atoms in total. The maximum atomic E-state index is 5.64. The summed E-state index contributed by atoms with van der Waals surface area (Å²) in [6.45, 7) is 7.01. The molecule has 0 bridgehead atoms. The Morgan fingerprint density at radius 2 is 2.17 bits per heavy atom. The maximum absolute atomic E-state index is 5.64. The summed E-state index contributed by atoms with van der Waals surface area (Å²) in [6.07, 6.45) is 4.04. The van der Waals surface area contributed by atoms with Crippen LogP contribution in [0.4, 0.5) is 6.01 Å². The molecule has 18 heavy (non-hydrogen) atoms. The van der Waals surface area contributed by atoms with E-state index >= 15 is 0 Å². The van der Waals surface area contributed by atoms with E-state index in [1.165, 1.54) is 19.3 Å². The van der Waals surface area contributed by atoms with Crippen molar-refractivity contribution in [2.45, 2.75) is 39.7 Å². The molecule has 5 heteroatoms. The van der Waals surface area contributed by atoms with Crippen LogP contribution >= 0.6 is 0 Å². The second kappa shape index (κ2) is 6.18. The number of anilines is 1. The molecule has 102 valence electrons. The van der Waals surface area contributed by atoms with E-state index in [9.17, 15) is 0 Å². The zero-order valence-corrected chi connectivity index (χ0v) is 11.6. The Bertz CT molecular complexity index is 360. The topological polar surface area (TPSA) is 54.2 Å². The fraction of sp³-hybridized carbons (Fsp3) is 0.846. The van der Waals surface area contributed by atoms with E-state index in [2.05, 4.69) is 34.3 Å². The van der Waals surface area contributed by atoms with Gasteiger partial charge in [-0.05, 0) is 31.2 Å². The molecule has 1 saturated carbocycles. The molecule has 1 heterocycles. The van der Waals surface area contributed by atoms with Gasteiger partial charge in [0.25, 0.3) is 0 Å². The summed E-state index contributed by atoms with van der Waals surface area (Å²) in [5, 5.41) is 11.5. The van der Waals surface area contributed by atoms with Crippen LogP contribution in [0.1, 0.15) is 39.0 Å². The largest absolute Gasteiger partial charge is 0.407 e. The van der Waals surface area contributed by atoms with Gasteiger partial charge in [0.1, 0.15) is 0 Å². The van der Waals surface area contributed by atoms with Gasteiger partial charge in [0.05, 0.1) is 6.54 Å². The average molecular weight is 252 g/mol. The SMILES string of the molecule is CC(C)CNCc1nnc(N(C)CC2CCC2)o1. The van der Waals surface area contributed by atoms with Gasteiger partial charge in [-0.3, -0.25) is 0 Å². The Labute approximate surface area is 109 Å². The zero-order valence-electron chi connectivity index (χ0n) is 11.6. The highest BCUT2D eigenvalue weighted by molar-refractivity contribution is 5.22. The fourth-order valence-electron chi connectivity index (χ4n) is 2.08. The van der Waals surface area contributed by atoms with E-state index in [0.717, 1.165) is 19.0 Å². The molecule has 1 aromatic heterocycles. The van der Waals surface area contributed by atoms with E-state index in [4.69, 9.17) is 4.42 Å². The molecule has 0 atom stereocenters. The summed E-state index contributed by atoms with van der Waals surface area (Å²) in [5.74, 6) is 2.12. The minimum atomic E-state index is 0.633. The molecule has 0 radical (unpaired) electrons. The lowest BCUT2D eigenvalue weighted by Crippen LogP contribution is -2.29. The Balaban J connectivity index is 1.77. The summed E-state index contributed by atoms with van der Waals surface area (Å²) >= 11 is 0. The standard InChI is InChI=1S/C13H24N4O/c1-10(2)7-14-8-12-15-16-13(18-12)17(3)9-11-5-4-6-11/h10-11,14H,4-9H2,1-3H3. The van der Waals surface area contributed by atoms with Crippen molar-refractivity contribution in [1.29, 1.82) is 0 Å². The van der Waals surface area contributed by atoms with Crippen molar-refractivity contribution in [3.8, 4) is 0 Å². The predicted molar refractivity (Wildman–Crippen MR) is 71.5 cm³/mol. The van der Waals surface area contributed by atoms with Gasteiger partial charge in [-0.15, -0.1) is 5.10 Å². The predicted octanol–water partition coefficient (Wildman–Crippen LogP) is 2.05. The van der Waals surface area contributed by atoms with E-state index in [0.29, 0.717) is 24.4 Å². The Morgan fingerprint density at radius 3 is 2.78 bits per heavy atom. The van der Waals surface area contributed by atoms with Crippen LogP contribution < -0.4 is 10.2 Å². The fourth-order valence-corrected chi connectivity index (χ4v) is 2.08. The Morgan fingerprint density at radius 1 is 1.39 bits per heavy atom. The normalized spacial score (nSPS) is 16.0. The summed E-state index contributed by atoms with van der Waals surface area (Å²) in [4.78, 5) is 2.07. The second-order valence-electron chi connectivity index (χ2n) is 5.68. The molecule has 2 rings (SSSR count). The molecule has 0 aromatic carbocycles. The summed E-state index contributed by atoms with van der Waals surface area (Å²) in [6, 6.07) is 0.642. The first kappa shape index (κ1) is 13.3. The maximum Gasteiger partial charge on any atom is 0.317 e. The van der Waals surface area contributed by atoms with Gasteiger partial charge < -0.3 is 14.6 Å². The lowest BCUT2D eigenvalue weighted by molar-refractivity contribution is 0.315. The van der Waals surface area contributed by atoms with Crippen LogP contribution in [0.25, 0.3) is 0 Å². The molecule has 0 spiro atoms. The first-order valence-corrected chi connectivity index (χ1v) is 6.89. The first-order chi connectivity index (χ1) is 8.65. The highest BCUT2D eigenvalue weighted by atomic mass is 16.4. The molecule has 0 amide bonds. The van der Waals surface area contributed by atoms with Crippen molar-refractivity contribution in [2.75, 3.05) is 25.0 Å². The van der Waals surface area contributed by atoms with E-state index in [1.807, 2.05) is 7.05 Å². The second-order valence-corrected chi connectivity index (χ2v) is 5.68. The third-order valence-electron chi connectivity index (χ3n) is 3.37. The number of hydrogen-bond acceptors (Lipinski definition) is 5. The zero-order chi connectivity index (χ0) is 13.0. The van der Waals surface area contributed by atoms with Gasteiger partial charge in [0.15, 0.2) is 0 Å². The smallest absolute Gasteiger partial charge is 0.317 e. The van der Waals surface area contributed by atoms with Gasteiger partial charge in [-0.1, -0.05) is 25.4 Å². The van der Waals surface area contributed by atoms with Gasteiger partial charge in [0, 0.05) is 13.6 Å². The van der Waals surface area contributed by atoms with Gasteiger partial charge >= 0.3 is 6.01 Å². The molecular weight excluding hydrogens is 228 g/mol. The molecule has 1 fully saturated rings. The lowest BCUT2D eigenvalue weighted by Gasteiger charge is -2.28. The van der Waals surface area contributed by atoms with Crippen molar-refractivity contribution in [1.82, 2.24) is 15.5 Å².